The third-order valence-corrected chi connectivity index (χ3v) is 4.01. The lowest BCUT2D eigenvalue weighted by Crippen LogP contribution is -2.05. The number of aromatic nitrogens is 4. The quantitative estimate of drug-likeness (QED) is 0.774. The minimum Gasteiger partial charge on any atom is -0.334 e. The summed E-state index contributed by atoms with van der Waals surface area (Å²) in [4.78, 5) is 9.22. The molecule has 5 nitrogen and oxygen atoms in total. The number of aryl methyl sites for hydroxylation is 3. The number of nitrogens with zero attached hydrogens (tertiary/aromatic N) is 4. The van der Waals surface area contributed by atoms with Crippen LogP contribution in [0.15, 0.2) is 18.2 Å². The van der Waals surface area contributed by atoms with Crippen LogP contribution >= 0.6 is 0 Å². The maximum Gasteiger partial charge on any atom is 0.106 e. The molecule has 3 rings (SSSR count). The molecular weight excluding hydrogens is 250 g/mol. The molecule has 0 fully saturated rings. The summed E-state index contributed by atoms with van der Waals surface area (Å²) in [6.45, 7) is 4.48. The van der Waals surface area contributed by atoms with Gasteiger partial charge in [0.05, 0.1) is 22.4 Å². The topological polar surface area (TPSA) is 61.7 Å². The standard InChI is InChI=1S/C15H19N5/c1-9-17-12-7-11(5-6-13(12)19(9)3)15-14(8-16)20(4)10(2)18-15/h5-7H,8,16H2,1-4H3. The molecule has 2 N–H and O–H groups in total. The lowest BCUT2D eigenvalue weighted by molar-refractivity contribution is 0.789. The van der Waals surface area contributed by atoms with E-state index in [0.717, 1.165) is 39.6 Å². The van der Waals surface area contributed by atoms with Gasteiger partial charge in [0.2, 0.25) is 0 Å². The van der Waals surface area contributed by atoms with E-state index in [-0.39, 0.29) is 0 Å². The van der Waals surface area contributed by atoms with E-state index in [9.17, 15) is 0 Å². The first kappa shape index (κ1) is 12.9. The number of nitrogens with two attached hydrogens (primary N) is 1. The zero-order valence-corrected chi connectivity index (χ0v) is 12.3. The van der Waals surface area contributed by atoms with Crippen molar-refractivity contribution in [3.8, 4) is 11.3 Å². The molecule has 20 heavy (non-hydrogen) atoms. The van der Waals surface area contributed by atoms with Gasteiger partial charge in [0, 0.05) is 26.2 Å². The van der Waals surface area contributed by atoms with E-state index in [1.165, 1.54) is 0 Å². The Kier molecular flexibility index (Phi) is 2.87. The second-order valence-corrected chi connectivity index (χ2v) is 5.14. The normalized spacial score (nSPS) is 11.4. The fourth-order valence-electron chi connectivity index (χ4n) is 2.59. The summed E-state index contributed by atoms with van der Waals surface area (Å²) in [5, 5.41) is 0. The zero-order valence-electron chi connectivity index (χ0n) is 12.3. The van der Waals surface area contributed by atoms with E-state index in [4.69, 9.17) is 5.73 Å². The predicted octanol–water partition coefficient (Wildman–Crippen LogP) is 2.05. The Morgan fingerprint density at radius 3 is 2.45 bits per heavy atom. The Bertz CT molecular complexity index is 794. The molecule has 0 saturated heterocycles. The number of imidazole rings is 2. The van der Waals surface area contributed by atoms with E-state index in [0.29, 0.717) is 6.54 Å². The molecule has 0 saturated carbocycles. The molecule has 1 aromatic carbocycles. The molecule has 2 heterocycles. The molecular formula is C15H19N5. The number of rotatable bonds is 2. The SMILES string of the molecule is Cc1nc(-c2ccc3c(c2)nc(C)n3C)c(CN)n1C. The lowest BCUT2D eigenvalue weighted by atomic mass is 10.1. The van der Waals surface area contributed by atoms with E-state index >= 15 is 0 Å². The first-order valence-corrected chi connectivity index (χ1v) is 6.68. The highest BCUT2D eigenvalue weighted by Gasteiger charge is 2.14. The van der Waals surface area contributed by atoms with Crippen LogP contribution in [0, 0.1) is 13.8 Å². The molecule has 0 radical (unpaired) electrons. The summed E-state index contributed by atoms with van der Waals surface area (Å²) in [5.41, 5.74) is 11.1. The fraction of sp³-hybridized carbons (Fsp3) is 0.333. The lowest BCUT2D eigenvalue weighted by Gasteiger charge is -2.04. The highest BCUT2D eigenvalue weighted by Crippen LogP contribution is 2.26. The monoisotopic (exact) mass is 269 g/mol. The van der Waals surface area contributed by atoms with Crippen molar-refractivity contribution in [3.63, 3.8) is 0 Å². The van der Waals surface area contributed by atoms with Gasteiger partial charge in [0.15, 0.2) is 0 Å². The van der Waals surface area contributed by atoms with Crippen molar-refractivity contribution in [2.45, 2.75) is 20.4 Å². The Morgan fingerprint density at radius 2 is 1.75 bits per heavy atom. The zero-order chi connectivity index (χ0) is 14.4. The van der Waals surface area contributed by atoms with Crippen molar-refractivity contribution in [3.05, 3.63) is 35.5 Å². The van der Waals surface area contributed by atoms with Gasteiger partial charge in [-0.3, -0.25) is 0 Å². The Morgan fingerprint density at radius 1 is 1.05 bits per heavy atom. The summed E-state index contributed by atoms with van der Waals surface area (Å²) in [5.74, 6) is 1.98. The second-order valence-electron chi connectivity index (χ2n) is 5.14. The second kappa shape index (κ2) is 4.45. The summed E-state index contributed by atoms with van der Waals surface area (Å²) in [6, 6.07) is 6.27. The number of hydrogen-bond acceptors (Lipinski definition) is 3. The van der Waals surface area contributed by atoms with Crippen LogP contribution in [0.25, 0.3) is 22.3 Å². The van der Waals surface area contributed by atoms with Crippen LogP contribution in [0.2, 0.25) is 0 Å². The Labute approximate surface area is 118 Å². The fourth-order valence-corrected chi connectivity index (χ4v) is 2.59. The summed E-state index contributed by atoms with van der Waals surface area (Å²) >= 11 is 0. The third-order valence-electron chi connectivity index (χ3n) is 4.01. The highest BCUT2D eigenvalue weighted by molar-refractivity contribution is 5.82. The first-order chi connectivity index (χ1) is 9.52. The van der Waals surface area contributed by atoms with Gasteiger partial charge in [-0.2, -0.15) is 0 Å². The van der Waals surface area contributed by atoms with Gasteiger partial charge in [-0.1, -0.05) is 6.07 Å². The van der Waals surface area contributed by atoms with Gasteiger partial charge in [-0.15, -0.1) is 0 Å². The molecule has 5 heteroatoms. The molecule has 0 unspecified atom stereocenters. The molecule has 0 spiro atoms. The van der Waals surface area contributed by atoms with Gasteiger partial charge in [-0.25, -0.2) is 9.97 Å². The number of benzene rings is 1. The van der Waals surface area contributed by atoms with Crippen molar-refractivity contribution in [2.75, 3.05) is 0 Å². The van der Waals surface area contributed by atoms with Crippen LogP contribution in [0.5, 0.6) is 0 Å². The Balaban J connectivity index is 2.22. The van der Waals surface area contributed by atoms with Crippen LogP contribution in [0.4, 0.5) is 0 Å². The van der Waals surface area contributed by atoms with Gasteiger partial charge in [0.1, 0.15) is 11.6 Å². The molecule has 0 amide bonds. The first-order valence-electron chi connectivity index (χ1n) is 6.68. The molecule has 0 aliphatic heterocycles. The molecule has 2 aromatic heterocycles. The van der Waals surface area contributed by atoms with Crippen molar-refractivity contribution in [2.24, 2.45) is 19.8 Å². The van der Waals surface area contributed by atoms with Crippen molar-refractivity contribution >= 4 is 11.0 Å². The highest BCUT2D eigenvalue weighted by atomic mass is 15.1. The van der Waals surface area contributed by atoms with Crippen molar-refractivity contribution < 1.29 is 0 Å². The summed E-state index contributed by atoms with van der Waals surface area (Å²) in [6.07, 6.45) is 0. The van der Waals surface area contributed by atoms with E-state index < -0.39 is 0 Å². The average Bonchev–Trinajstić information content (AvgIpc) is 2.88. The molecule has 0 aliphatic rings. The summed E-state index contributed by atoms with van der Waals surface area (Å²) < 4.78 is 4.13. The average molecular weight is 269 g/mol. The summed E-state index contributed by atoms with van der Waals surface area (Å²) in [7, 11) is 4.03. The van der Waals surface area contributed by atoms with Crippen LogP contribution < -0.4 is 5.73 Å². The molecule has 104 valence electrons. The number of fused-ring (bicyclic) bond motifs is 1. The maximum atomic E-state index is 5.86. The molecule has 0 atom stereocenters. The van der Waals surface area contributed by atoms with Gasteiger partial charge in [-0.05, 0) is 26.0 Å². The Hall–Kier alpha value is -2.14. The predicted molar refractivity (Wildman–Crippen MR) is 80.3 cm³/mol. The van der Waals surface area contributed by atoms with Crippen LogP contribution in [-0.2, 0) is 20.6 Å². The van der Waals surface area contributed by atoms with Gasteiger partial charge >= 0.3 is 0 Å². The van der Waals surface area contributed by atoms with Gasteiger partial charge in [0.25, 0.3) is 0 Å². The minimum atomic E-state index is 0.478. The van der Waals surface area contributed by atoms with E-state index in [1.54, 1.807) is 0 Å². The van der Waals surface area contributed by atoms with Crippen molar-refractivity contribution in [1.82, 2.24) is 19.1 Å². The van der Waals surface area contributed by atoms with Crippen molar-refractivity contribution in [1.29, 1.82) is 0 Å². The smallest absolute Gasteiger partial charge is 0.106 e. The largest absolute Gasteiger partial charge is 0.334 e. The van der Waals surface area contributed by atoms with Crippen LogP contribution in [0.1, 0.15) is 17.3 Å². The van der Waals surface area contributed by atoms with Crippen LogP contribution in [0.3, 0.4) is 0 Å². The minimum absolute atomic E-state index is 0.478. The number of hydrogen-bond donors (Lipinski definition) is 1. The molecule has 0 bridgehead atoms. The maximum absolute atomic E-state index is 5.86. The third kappa shape index (κ3) is 1.74. The van der Waals surface area contributed by atoms with E-state index in [2.05, 4.69) is 32.7 Å². The molecule has 3 aromatic rings. The van der Waals surface area contributed by atoms with E-state index in [1.807, 2.05) is 32.5 Å². The van der Waals surface area contributed by atoms with Crippen LogP contribution in [-0.4, -0.2) is 19.1 Å². The molecule has 0 aliphatic carbocycles. The van der Waals surface area contributed by atoms with Gasteiger partial charge < -0.3 is 14.9 Å².